The Labute approximate surface area is 168 Å². The van der Waals surface area contributed by atoms with Gasteiger partial charge in [0.05, 0.1) is 12.2 Å². The fourth-order valence-electron chi connectivity index (χ4n) is 4.30. The monoisotopic (exact) mass is 408 g/mol. The molecule has 0 aliphatic carbocycles. The molecule has 3 aliphatic heterocycles. The van der Waals surface area contributed by atoms with Crippen LogP contribution in [0.3, 0.4) is 0 Å². The first-order valence-corrected chi connectivity index (χ1v) is 10.1. The van der Waals surface area contributed by atoms with Gasteiger partial charge in [-0.2, -0.15) is 0 Å². The molecule has 2 N–H and O–H groups in total. The maximum Gasteiger partial charge on any atom is 0.267 e. The topological polar surface area (TPSA) is 73.9 Å². The summed E-state index contributed by atoms with van der Waals surface area (Å²) in [5.41, 5.74) is 0.335. The molecule has 3 heterocycles. The Hall–Kier alpha value is -2.26. The molecule has 1 aromatic carbocycles. The Bertz CT molecular complexity index is 772. The summed E-state index contributed by atoms with van der Waals surface area (Å²) in [5.74, 6) is -1.14. The number of carbonyl (C=O) groups excluding carboxylic acids is 2. The number of rotatable bonds is 4. The second-order valence-electron chi connectivity index (χ2n) is 7.77. The van der Waals surface area contributed by atoms with Gasteiger partial charge in [0.15, 0.2) is 6.10 Å². The van der Waals surface area contributed by atoms with Crippen LogP contribution >= 0.6 is 0 Å². The van der Waals surface area contributed by atoms with E-state index in [2.05, 4.69) is 15.5 Å². The molecule has 0 aromatic heterocycles. The molecule has 4 rings (SSSR count). The summed E-state index contributed by atoms with van der Waals surface area (Å²) in [7, 11) is 0. The van der Waals surface area contributed by atoms with Gasteiger partial charge < -0.3 is 15.0 Å². The molecule has 2 amide bonds. The lowest BCUT2D eigenvalue weighted by molar-refractivity contribution is -0.138. The third kappa shape index (κ3) is 4.51. The number of nitrogens with zero attached hydrogens (tertiary/aromatic N) is 2. The van der Waals surface area contributed by atoms with E-state index in [1.54, 1.807) is 17.0 Å². The smallest absolute Gasteiger partial charge is 0.267 e. The van der Waals surface area contributed by atoms with Crippen molar-refractivity contribution >= 4 is 17.5 Å². The van der Waals surface area contributed by atoms with Crippen LogP contribution in [0.5, 0.6) is 5.75 Å². The van der Waals surface area contributed by atoms with Crippen LogP contribution < -0.4 is 20.3 Å². The molecule has 3 saturated heterocycles. The Morgan fingerprint density at radius 3 is 2.59 bits per heavy atom. The highest BCUT2D eigenvalue weighted by molar-refractivity contribution is 5.99. The van der Waals surface area contributed by atoms with Crippen molar-refractivity contribution in [3.05, 3.63) is 24.0 Å². The van der Waals surface area contributed by atoms with Gasteiger partial charge in [-0.3, -0.25) is 19.8 Å². The maximum absolute atomic E-state index is 14.8. The molecule has 158 valence electrons. The number of benzene rings is 1. The molecule has 3 fully saturated rings. The lowest BCUT2D eigenvalue weighted by atomic mass is 9.99. The fourth-order valence-corrected chi connectivity index (χ4v) is 4.30. The number of anilines is 1. The molecule has 0 saturated carbocycles. The van der Waals surface area contributed by atoms with Crippen LogP contribution in [0.1, 0.15) is 19.3 Å². The van der Waals surface area contributed by atoms with Crippen molar-refractivity contribution in [2.45, 2.75) is 37.6 Å². The number of piperidine rings is 2. The van der Waals surface area contributed by atoms with Gasteiger partial charge in [-0.05, 0) is 18.6 Å². The first-order chi connectivity index (χ1) is 14.0. The Balaban J connectivity index is 1.38. The molecule has 9 heteroatoms. The zero-order chi connectivity index (χ0) is 20.4. The van der Waals surface area contributed by atoms with Crippen LogP contribution in [0.25, 0.3) is 0 Å². The fraction of sp³-hybridized carbons (Fsp3) is 0.600. The van der Waals surface area contributed by atoms with Crippen molar-refractivity contribution in [2.24, 2.45) is 0 Å². The number of hydrogen-bond acceptors (Lipinski definition) is 6. The molecule has 7 nitrogen and oxygen atoms in total. The van der Waals surface area contributed by atoms with Gasteiger partial charge >= 0.3 is 0 Å². The molecule has 3 atom stereocenters. The number of alkyl halides is 1. The average molecular weight is 408 g/mol. The summed E-state index contributed by atoms with van der Waals surface area (Å²) in [6.07, 6.45) is -0.757. The minimum Gasteiger partial charge on any atom is -0.480 e. The van der Waals surface area contributed by atoms with Crippen LogP contribution in [-0.2, 0) is 9.59 Å². The second-order valence-corrected chi connectivity index (χ2v) is 7.77. The van der Waals surface area contributed by atoms with Crippen LogP contribution in [0.15, 0.2) is 18.2 Å². The Morgan fingerprint density at radius 1 is 1.10 bits per heavy atom. The average Bonchev–Trinajstić information content (AvgIpc) is 2.71. The van der Waals surface area contributed by atoms with E-state index in [-0.39, 0.29) is 37.1 Å². The molecule has 3 aliphatic rings. The molecule has 1 unspecified atom stereocenters. The van der Waals surface area contributed by atoms with Crippen LogP contribution in [0, 0.1) is 5.82 Å². The second kappa shape index (κ2) is 8.62. The molecule has 0 radical (unpaired) electrons. The van der Waals surface area contributed by atoms with Crippen molar-refractivity contribution in [2.75, 3.05) is 44.2 Å². The molecule has 29 heavy (non-hydrogen) atoms. The maximum atomic E-state index is 14.8. The summed E-state index contributed by atoms with van der Waals surface area (Å²) >= 11 is 0. The van der Waals surface area contributed by atoms with Crippen molar-refractivity contribution in [1.82, 2.24) is 15.5 Å². The normalized spacial score (nSPS) is 28.9. The first-order valence-electron chi connectivity index (χ1n) is 10.1. The van der Waals surface area contributed by atoms with Crippen molar-refractivity contribution < 1.29 is 23.1 Å². The van der Waals surface area contributed by atoms with E-state index >= 15 is 0 Å². The predicted molar refractivity (Wildman–Crippen MR) is 103 cm³/mol. The molecular formula is C20H26F2N4O3. The molecule has 0 spiro atoms. The highest BCUT2D eigenvalue weighted by atomic mass is 19.1. The molecule has 0 bridgehead atoms. The third-order valence-corrected chi connectivity index (χ3v) is 5.85. The van der Waals surface area contributed by atoms with Crippen molar-refractivity contribution in [3.63, 3.8) is 0 Å². The largest absolute Gasteiger partial charge is 0.480 e. The van der Waals surface area contributed by atoms with Crippen molar-refractivity contribution in [1.29, 1.82) is 0 Å². The highest BCUT2D eigenvalue weighted by Gasteiger charge is 2.35. The highest BCUT2D eigenvalue weighted by Crippen LogP contribution is 2.30. The summed E-state index contributed by atoms with van der Waals surface area (Å²) in [6, 6.07) is 4.24. The number of ether oxygens (including phenoxy) is 1. The lowest BCUT2D eigenvalue weighted by Crippen LogP contribution is -2.57. The number of halogens is 2. The predicted octanol–water partition coefficient (Wildman–Crippen LogP) is 0.832. The lowest BCUT2D eigenvalue weighted by Gasteiger charge is -2.43. The minimum absolute atomic E-state index is 0.119. The summed E-state index contributed by atoms with van der Waals surface area (Å²) in [5, 5.41) is 5.48. The summed E-state index contributed by atoms with van der Waals surface area (Å²) < 4.78 is 35.1. The number of nitrogens with one attached hydrogen (secondary N) is 2. The van der Waals surface area contributed by atoms with Gasteiger partial charge in [0.25, 0.3) is 5.91 Å². The standard InChI is InChI=1S/C20H26F2N4O3/c21-14-11-13(29-18-3-4-19(27)24-20(18)28)1-2-16(14)26-8-5-17(15(22)12-26)25-9-6-23-7-10-25/h1-2,11,15,17-18,23H,3-10,12H2,(H,24,27,28)/t15-,17+,18?/m0/s1. The van der Waals surface area contributed by atoms with Gasteiger partial charge in [-0.1, -0.05) is 0 Å². The quantitative estimate of drug-likeness (QED) is 0.719. The molecule has 1 aromatic rings. The van der Waals surface area contributed by atoms with Crippen molar-refractivity contribution in [3.8, 4) is 5.75 Å². The molecular weight excluding hydrogens is 382 g/mol. The zero-order valence-corrected chi connectivity index (χ0v) is 16.2. The van der Waals surface area contributed by atoms with Crippen LogP contribution in [-0.4, -0.2) is 74.3 Å². The van der Waals surface area contributed by atoms with Gasteiger partial charge in [0.2, 0.25) is 5.91 Å². The Kier molecular flexibility index (Phi) is 5.96. The summed E-state index contributed by atoms with van der Waals surface area (Å²) in [6.45, 7) is 4.15. The van der Waals surface area contributed by atoms with E-state index in [1.165, 1.54) is 6.07 Å². The first kappa shape index (κ1) is 20.0. The number of imide groups is 1. The van der Waals surface area contributed by atoms with Crippen LogP contribution in [0.2, 0.25) is 0 Å². The number of piperazine rings is 1. The van der Waals surface area contributed by atoms with Crippen LogP contribution in [0.4, 0.5) is 14.5 Å². The third-order valence-electron chi connectivity index (χ3n) is 5.85. The van der Waals surface area contributed by atoms with Gasteiger partial charge in [-0.25, -0.2) is 8.78 Å². The Morgan fingerprint density at radius 2 is 1.90 bits per heavy atom. The van der Waals surface area contributed by atoms with E-state index in [0.717, 1.165) is 26.2 Å². The van der Waals surface area contributed by atoms with Gasteiger partial charge in [-0.15, -0.1) is 0 Å². The number of carbonyl (C=O) groups is 2. The van der Waals surface area contributed by atoms with E-state index in [1.807, 2.05) is 0 Å². The minimum atomic E-state index is -1.04. The van der Waals surface area contributed by atoms with Gasteiger partial charge in [0.1, 0.15) is 17.7 Å². The SMILES string of the molecule is O=C1CCC(Oc2ccc(N3CC[C@@H](N4CCNCC4)[C@@H](F)C3)c(F)c2)C(=O)N1. The van der Waals surface area contributed by atoms with Gasteiger partial charge in [0, 0.05) is 57.7 Å². The number of hydrogen-bond donors (Lipinski definition) is 2. The van der Waals surface area contributed by atoms with E-state index in [0.29, 0.717) is 18.7 Å². The number of amides is 2. The zero-order valence-electron chi connectivity index (χ0n) is 16.2. The van der Waals surface area contributed by atoms with E-state index in [9.17, 15) is 18.4 Å². The van der Waals surface area contributed by atoms with E-state index in [4.69, 9.17) is 4.74 Å². The summed E-state index contributed by atoms with van der Waals surface area (Å²) in [4.78, 5) is 26.9. The van der Waals surface area contributed by atoms with E-state index < -0.39 is 24.0 Å².